The first-order valence-corrected chi connectivity index (χ1v) is 1.83. The highest BCUT2D eigenvalue weighted by molar-refractivity contribution is 5.26. The molecule has 0 aromatic carbocycles. The van der Waals surface area contributed by atoms with Crippen LogP contribution in [0.4, 0.5) is 0 Å². The number of hydrogen-bond acceptors (Lipinski definition) is 1. The van der Waals surface area contributed by atoms with Gasteiger partial charge in [0.05, 0.1) is 6.26 Å². The Bertz CT molecular complexity index is 111. The van der Waals surface area contributed by atoms with Gasteiger partial charge in [-0.2, -0.15) is 0 Å². The molecular formula is C5H6O. The Labute approximate surface area is 36.9 Å². The van der Waals surface area contributed by atoms with Gasteiger partial charge in [-0.05, 0) is 6.92 Å². The summed E-state index contributed by atoms with van der Waals surface area (Å²) in [5.41, 5.74) is 1.15. The lowest BCUT2D eigenvalue weighted by Crippen LogP contribution is -1.95. The van der Waals surface area contributed by atoms with Crippen LogP contribution in [-0.2, 0) is 4.74 Å². The standard InChI is InChI=1S/C5H6O/c1-4-3-6-5(4)2/h3H,2H2,1H3. The lowest BCUT2D eigenvalue weighted by molar-refractivity contribution is 0.312. The fourth-order valence-corrected chi connectivity index (χ4v) is 0.260. The summed E-state index contributed by atoms with van der Waals surface area (Å²) in [6.07, 6.45) is 1.68. The van der Waals surface area contributed by atoms with Gasteiger partial charge in [0.1, 0.15) is 5.76 Å². The van der Waals surface area contributed by atoms with Crippen LogP contribution in [0.5, 0.6) is 0 Å². The van der Waals surface area contributed by atoms with Crippen molar-refractivity contribution >= 4 is 0 Å². The first-order valence-electron chi connectivity index (χ1n) is 1.83. The van der Waals surface area contributed by atoms with Crippen molar-refractivity contribution in [3.05, 3.63) is 24.2 Å². The fourth-order valence-electron chi connectivity index (χ4n) is 0.260. The van der Waals surface area contributed by atoms with Crippen molar-refractivity contribution in [3.8, 4) is 0 Å². The molecule has 1 rings (SSSR count). The van der Waals surface area contributed by atoms with Crippen molar-refractivity contribution in [3.63, 3.8) is 0 Å². The van der Waals surface area contributed by atoms with Crippen molar-refractivity contribution in [1.82, 2.24) is 0 Å². The monoisotopic (exact) mass is 82.0 g/mol. The number of rotatable bonds is 0. The van der Waals surface area contributed by atoms with Gasteiger partial charge in [0.2, 0.25) is 0 Å². The van der Waals surface area contributed by atoms with Gasteiger partial charge in [-0.1, -0.05) is 6.58 Å². The predicted octanol–water partition coefficient (Wildman–Crippen LogP) is 1.43. The Morgan fingerprint density at radius 3 is 2.33 bits per heavy atom. The lowest BCUT2D eigenvalue weighted by Gasteiger charge is -2.12. The summed E-state index contributed by atoms with van der Waals surface area (Å²) < 4.78 is 4.69. The average molecular weight is 82.1 g/mol. The van der Waals surface area contributed by atoms with Crippen LogP contribution in [0.1, 0.15) is 6.92 Å². The van der Waals surface area contributed by atoms with Crippen LogP contribution in [0.3, 0.4) is 0 Å². The number of allylic oxidation sites excluding steroid dienone is 1. The van der Waals surface area contributed by atoms with Gasteiger partial charge in [0, 0.05) is 5.57 Å². The molecule has 0 aromatic rings. The zero-order valence-corrected chi connectivity index (χ0v) is 3.69. The van der Waals surface area contributed by atoms with Crippen LogP contribution in [0, 0.1) is 0 Å². The van der Waals surface area contributed by atoms with Gasteiger partial charge in [-0.25, -0.2) is 0 Å². The minimum absolute atomic E-state index is 0.801. The summed E-state index contributed by atoms with van der Waals surface area (Å²) >= 11 is 0. The molecule has 0 fully saturated rings. The predicted molar refractivity (Wildman–Crippen MR) is 24.0 cm³/mol. The molecule has 1 heterocycles. The van der Waals surface area contributed by atoms with Crippen molar-refractivity contribution in [2.75, 3.05) is 0 Å². The van der Waals surface area contributed by atoms with Crippen molar-refractivity contribution in [1.29, 1.82) is 0 Å². The maximum atomic E-state index is 4.69. The summed E-state index contributed by atoms with van der Waals surface area (Å²) in [6, 6.07) is 0. The molecule has 0 saturated heterocycles. The molecular weight excluding hydrogens is 76.1 g/mol. The minimum Gasteiger partial charge on any atom is -0.465 e. The fraction of sp³-hybridized carbons (Fsp3) is 0.200. The lowest BCUT2D eigenvalue weighted by atomic mass is 10.2. The van der Waals surface area contributed by atoms with Gasteiger partial charge in [0.25, 0.3) is 0 Å². The van der Waals surface area contributed by atoms with E-state index in [1.165, 1.54) is 0 Å². The largest absolute Gasteiger partial charge is 0.465 e. The summed E-state index contributed by atoms with van der Waals surface area (Å²) in [5.74, 6) is 0.801. The highest BCUT2D eigenvalue weighted by Gasteiger charge is 2.04. The normalized spacial score (nSPS) is 18.2. The topological polar surface area (TPSA) is 9.23 Å². The molecule has 1 nitrogen and oxygen atoms in total. The summed E-state index contributed by atoms with van der Waals surface area (Å²) in [7, 11) is 0. The van der Waals surface area contributed by atoms with E-state index < -0.39 is 0 Å². The molecule has 32 valence electrons. The molecule has 0 radical (unpaired) electrons. The van der Waals surface area contributed by atoms with E-state index in [0.29, 0.717) is 0 Å². The molecule has 1 aliphatic heterocycles. The number of hydrogen-bond donors (Lipinski definition) is 0. The first kappa shape index (κ1) is 3.47. The first-order chi connectivity index (χ1) is 2.80. The second-order valence-corrected chi connectivity index (χ2v) is 1.34. The molecule has 0 bridgehead atoms. The summed E-state index contributed by atoms with van der Waals surface area (Å²) in [6.45, 7) is 5.52. The molecule has 0 aliphatic carbocycles. The number of ether oxygens (including phenoxy) is 1. The Hall–Kier alpha value is -0.720. The van der Waals surface area contributed by atoms with E-state index in [1.54, 1.807) is 6.26 Å². The van der Waals surface area contributed by atoms with Gasteiger partial charge in [-0.15, -0.1) is 0 Å². The zero-order chi connectivity index (χ0) is 4.57. The van der Waals surface area contributed by atoms with Crippen LogP contribution >= 0.6 is 0 Å². The SMILES string of the molecule is C=C1OC=C1C. The molecule has 0 spiro atoms. The molecule has 1 heteroatoms. The maximum absolute atomic E-state index is 4.69. The smallest absolute Gasteiger partial charge is 0.125 e. The van der Waals surface area contributed by atoms with Crippen LogP contribution in [0.15, 0.2) is 24.2 Å². The van der Waals surface area contributed by atoms with Gasteiger partial charge < -0.3 is 4.74 Å². The van der Waals surface area contributed by atoms with E-state index in [1.807, 2.05) is 6.92 Å². The Kier molecular flexibility index (Phi) is 0.502. The molecule has 0 N–H and O–H groups in total. The van der Waals surface area contributed by atoms with E-state index in [0.717, 1.165) is 11.3 Å². The summed E-state index contributed by atoms with van der Waals surface area (Å²) in [4.78, 5) is 0. The van der Waals surface area contributed by atoms with E-state index >= 15 is 0 Å². The van der Waals surface area contributed by atoms with E-state index in [-0.39, 0.29) is 0 Å². The van der Waals surface area contributed by atoms with Gasteiger partial charge >= 0.3 is 0 Å². The molecule has 0 atom stereocenters. The van der Waals surface area contributed by atoms with Gasteiger partial charge in [-0.3, -0.25) is 0 Å². The van der Waals surface area contributed by atoms with Crippen LogP contribution in [0.2, 0.25) is 0 Å². The van der Waals surface area contributed by atoms with Crippen LogP contribution in [-0.4, -0.2) is 0 Å². The van der Waals surface area contributed by atoms with Gasteiger partial charge in [0.15, 0.2) is 0 Å². The molecule has 0 aromatic heterocycles. The van der Waals surface area contributed by atoms with Crippen molar-refractivity contribution in [2.45, 2.75) is 6.92 Å². The quantitative estimate of drug-likeness (QED) is 0.429. The third-order valence-electron chi connectivity index (χ3n) is 0.818. The summed E-state index contributed by atoms with van der Waals surface area (Å²) in [5, 5.41) is 0. The second-order valence-electron chi connectivity index (χ2n) is 1.34. The third kappa shape index (κ3) is 0.249. The second kappa shape index (κ2) is 0.869. The zero-order valence-electron chi connectivity index (χ0n) is 3.69. The molecule has 1 aliphatic rings. The van der Waals surface area contributed by atoms with Crippen LogP contribution < -0.4 is 0 Å². The average Bonchev–Trinajstić information content (AvgIpc) is 1.61. The maximum Gasteiger partial charge on any atom is 0.125 e. The molecule has 0 unspecified atom stereocenters. The minimum atomic E-state index is 0.801. The molecule has 6 heavy (non-hydrogen) atoms. The molecule has 0 amide bonds. The Balaban J connectivity index is 2.75. The van der Waals surface area contributed by atoms with E-state index in [9.17, 15) is 0 Å². The van der Waals surface area contributed by atoms with Crippen molar-refractivity contribution in [2.24, 2.45) is 0 Å². The molecule has 0 saturated carbocycles. The third-order valence-corrected chi connectivity index (χ3v) is 0.818. The van der Waals surface area contributed by atoms with Crippen molar-refractivity contribution < 1.29 is 4.74 Å². The Morgan fingerprint density at radius 2 is 2.33 bits per heavy atom. The highest BCUT2D eigenvalue weighted by Crippen LogP contribution is 2.17. The highest BCUT2D eigenvalue weighted by atomic mass is 16.5. The Morgan fingerprint density at radius 1 is 1.83 bits per heavy atom. The van der Waals surface area contributed by atoms with E-state index in [4.69, 9.17) is 0 Å². The van der Waals surface area contributed by atoms with E-state index in [2.05, 4.69) is 11.3 Å². The van der Waals surface area contributed by atoms with Crippen LogP contribution in [0.25, 0.3) is 0 Å².